The zero-order chi connectivity index (χ0) is 7.66. The lowest BCUT2D eigenvalue weighted by Crippen LogP contribution is -1.72. The molecule has 0 aliphatic carbocycles. The molecule has 0 saturated heterocycles. The molecule has 10 heavy (non-hydrogen) atoms. The number of alkyl halides is 1. The van der Waals surface area contributed by atoms with Crippen LogP contribution in [0.1, 0.15) is 19.3 Å². The number of carbonyl (C=O) groups is 1. The fourth-order valence-electron chi connectivity index (χ4n) is 0.532. The summed E-state index contributed by atoms with van der Waals surface area (Å²) in [5.74, 6) is 0.714. The molecule has 0 aliphatic rings. The number of unbranched alkanes of at least 4 members (excludes halogenated alkanes) is 2. The quantitative estimate of drug-likeness (QED) is 0.197. The molecule has 0 atom stereocenters. The van der Waals surface area contributed by atoms with Gasteiger partial charge in [0, 0.05) is 12.0 Å². The Balaban J connectivity index is 3.17. The molecule has 56 valence electrons. The van der Waals surface area contributed by atoms with Crippen LogP contribution >= 0.6 is 11.6 Å². The third-order valence-corrected chi connectivity index (χ3v) is 1.28. The van der Waals surface area contributed by atoms with Gasteiger partial charge in [-0.25, -0.2) is 0 Å². The number of carbonyl (C=O) groups excluding carboxylic acids is 1. The Kier molecular flexibility index (Phi) is 8.04. The second-order valence-corrected chi connectivity index (χ2v) is 2.24. The maximum atomic E-state index is 9.73. The van der Waals surface area contributed by atoms with Gasteiger partial charge in [-0.1, -0.05) is 0 Å². The van der Waals surface area contributed by atoms with E-state index in [2.05, 4.69) is 5.73 Å². The van der Waals surface area contributed by atoms with Crippen molar-refractivity contribution in [1.82, 2.24) is 0 Å². The molecule has 0 bridgehead atoms. The summed E-state index contributed by atoms with van der Waals surface area (Å²) in [6.07, 6.45) is 6.99. The zero-order valence-electron chi connectivity index (χ0n) is 5.85. The predicted octanol–water partition coefficient (Wildman–Crippen LogP) is 2.31. The van der Waals surface area contributed by atoms with Crippen LogP contribution in [0.3, 0.4) is 0 Å². The maximum absolute atomic E-state index is 9.73. The molecule has 0 rings (SSSR count). The van der Waals surface area contributed by atoms with Crippen LogP contribution in [0.25, 0.3) is 0 Å². The minimum Gasteiger partial charge on any atom is -0.298 e. The molecule has 0 amide bonds. The van der Waals surface area contributed by atoms with Gasteiger partial charge in [-0.2, -0.15) is 0 Å². The summed E-state index contributed by atoms with van der Waals surface area (Å²) in [6.45, 7) is 0. The summed E-state index contributed by atoms with van der Waals surface area (Å²) in [6, 6.07) is 0. The van der Waals surface area contributed by atoms with Gasteiger partial charge in [0.1, 0.15) is 0 Å². The van der Waals surface area contributed by atoms with E-state index in [9.17, 15) is 4.79 Å². The fourth-order valence-corrected chi connectivity index (χ4v) is 0.721. The molecule has 0 saturated carbocycles. The summed E-state index contributed by atoms with van der Waals surface area (Å²) in [7, 11) is 0. The van der Waals surface area contributed by atoms with Crippen LogP contribution in [-0.2, 0) is 4.79 Å². The first-order chi connectivity index (χ1) is 4.91. The van der Waals surface area contributed by atoms with Crippen molar-refractivity contribution in [2.45, 2.75) is 19.3 Å². The number of rotatable bonds is 5. The second-order valence-electron chi connectivity index (χ2n) is 1.86. The largest absolute Gasteiger partial charge is 0.298 e. The topological polar surface area (TPSA) is 17.1 Å². The van der Waals surface area contributed by atoms with Gasteiger partial charge in [-0.15, -0.1) is 17.3 Å². The Bertz CT molecular complexity index is 134. The van der Waals surface area contributed by atoms with Crippen molar-refractivity contribution in [2.24, 2.45) is 0 Å². The van der Waals surface area contributed by atoms with E-state index >= 15 is 0 Å². The van der Waals surface area contributed by atoms with Crippen LogP contribution in [0.5, 0.6) is 0 Å². The predicted molar refractivity (Wildman–Crippen MR) is 43.3 cm³/mol. The van der Waals surface area contributed by atoms with E-state index in [0.29, 0.717) is 5.88 Å². The number of halogens is 1. The highest BCUT2D eigenvalue weighted by molar-refractivity contribution is 6.17. The lowest BCUT2D eigenvalue weighted by atomic mass is 10.2. The maximum Gasteiger partial charge on any atom is 0.150 e. The van der Waals surface area contributed by atoms with Gasteiger partial charge in [-0.05, 0) is 25.3 Å². The molecule has 2 heteroatoms. The number of allylic oxidation sites excluding steroid dienone is 1. The third kappa shape index (κ3) is 7.48. The normalized spacial score (nSPS) is 8.10. The molecular formula is C8H11ClO. The van der Waals surface area contributed by atoms with Gasteiger partial charge >= 0.3 is 0 Å². The van der Waals surface area contributed by atoms with Crippen molar-refractivity contribution in [2.75, 3.05) is 5.88 Å². The van der Waals surface area contributed by atoms with Gasteiger partial charge in [-0.3, -0.25) is 4.79 Å². The van der Waals surface area contributed by atoms with Gasteiger partial charge in [0.05, 0.1) is 0 Å². The highest BCUT2D eigenvalue weighted by atomic mass is 35.5. The smallest absolute Gasteiger partial charge is 0.150 e. The minimum absolute atomic E-state index is 0.714. The van der Waals surface area contributed by atoms with Crippen LogP contribution in [-0.4, -0.2) is 12.2 Å². The van der Waals surface area contributed by atoms with Crippen molar-refractivity contribution in [3.8, 4) is 0 Å². The average Bonchev–Trinajstić information content (AvgIpc) is 1.97. The molecule has 0 aromatic carbocycles. The molecule has 0 unspecified atom stereocenters. The first-order valence-electron chi connectivity index (χ1n) is 3.32. The summed E-state index contributed by atoms with van der Waals surface area (Å²) >= 11 is 5.44. The Morgan fingerprint density at radius 3 is 2.80 bits per heavy atom. The van der Waals surface area contributed by atoms with Gasteiger partial charge in [0.25, 0.3) is 0 Å². The summed E-state index contributed by atoms with van der Waals surface area (Å²) in [5.41, 5.74) is 2.73. The van der Waals surface area contributed by atoms with Crippen molar-refractivity contribution in [3.05, 3.63) is 17.9 Å². The van der Waals surface area contributed by atoms with Crippen LogP contribution in [0.2, 0.25) is 0 Å². The molecule has 0 aromatic rings. The fraction of sp³-hybridized carbons (Fsp3) is 0.500. The highest BCUT2D eigenvalue weighted by Gasteiger charge is 1.80. The minimum atomic E-state index is 0.714. The highest BCUT2D eigenvalue weighted by Crippen LogP contribution is 1.96. The first-order valence-corrected chi connectivity index (χ1v) is 3.86. The van der Waals surface area contributed by atoms with Crippen molar-refractivity contribution >= 4 is 17.9 Å². The van der Waals surface area contributed by atoms with E-state index < -0.39 is 0 Å². The molecule has 0 fully saturated rings. The molecule has 0 N–H and O–H groups in total. The lowest BCUT2D eigenvalue weighted by molar-refractivity contribution is -0.104. The zero-order valence-corrected chi connectivity index (χ0v) is 6.60. The Morgan fingerprint density at radius 1 is 1.40 bits per heavy atom. The SMILES string of the molecule is O=CC=C=CCCCCCl. The monoisotopic (exact) mass is 158 g/mol. The van der Waals surface area contributed by atoms with Crippen LogP contribution in [0, 0.1) is 0 Å². The summed E-state index contributed by atoms with van der Waals surface area (Å²) in [4.78, 5) is 9.73. The molecule has 0 aliphatic heterocycles. The van der Waals surface area contributed by atoms with Gasteiger partial charge < -0.3 is 0 Å². The third-order valence-electron chi connectivity index (χ3n) is 1.01. The van der Waals surface area contributed by atoms with Crippen LogP contribution in [0.4, 0.5) is 0 Å². The number of hydrogen-bond donors (Lipinski definition) is 0. The van der Waals surface area contributed by atoms with E-state index in [-0.39, 0.29) is 0 Å². The lowest BCUT2D eigenvalue weighted by Gasteiger charge is -1.86. The number of hydrogen-bond acceptors (Lipinski definition) is 1. The summed E-state index contributed by atoms with van der Waals surface area (Å²) < 4.78 is 0. The molecule has 1 nitrogen and oxygen atoms in total. The Morgan fingerprint density at radius 2 is 2.20 bits per heavy atom. The molecular weight excluding hydrogens is 148 g/mol. The van der Waals surface area contributed by atoms with Crippen LogP contribution < -0.4 is 0 Å². The van der Waals surface area contributed by atoms with Gasteiger partial charge in [0.2, 0.25) is 0 Å². The number of aldehydes is 1. The van der Waals surface area contributed by atoms with E-state index in [1.54, 1.807) is 0 Å². The summed E-state index contributed by atoms with van der Waals surface area (Å²) in [5, 5.41) is 0. The Labute approximate surface area is 66.4 Å². The standard InChI is InChI=1S/C8H11ClO/c9-7-5-3-1-2-4-6-8-10/h2,6,8H,1,3,5,7H2. The second kappa shape index (κ2) is 8.48. The Hall–Kier alpha value is -0.520. The molecule has 0 heterocycles. The molecule has 0 radical (unpaired) electrons. The van der Waals surface area contributed by atoms with Crippen molar-refractivity contribution in [1.29, 1.82) is 0 Å². The van der Waals surface area contributed by atoms with E-state index in [4.69, 9.17) is 11.6 Å². The van der Waals surface area contributed by atoms with Crippen LogP contribution in [0.15, 0.2) is 17.9 Å². The molecule has 0 aromatic heterocycles. The van der Waals surface area contributed by atoms with Gasteiger partial charge in [0.15, 0.2) is 6.29 Å². The van der Waals surface area contributed by atoms with Crippen molar-refractivity contribution in [3.63, 3.8) is 0 Å². The van der Waals surface area contributed by atoms with E-state index in [1.165, 1.54) is 6.08 Å². The average molecular weight is 159 g/mol. The van der Waals surface area contributed by atoms with E-state index in [1.807, 2.05) is 6.08 Å². The van der Waals surface area contributed by atoms with E-state index in [0.717, 1.165) is 25.5 Å². The molecule has 0 spiro atoms. The van der Waals surface area contributed by atoms with Crippen molar-refractivity contribution < 1.29 is 4.79 Å². The first kappa shape index (κ1) is 9.48.